The number of benzene rings is 2. The van der Waals surface area contributed by atoms with Crippen molar-refractivity contribution in [2.24, 2.45) is 5.41 Å². The molecule has 41 heavy (non-hydrogen) atoms. The van der Waals surface area contributed by atoms with E-state index in [1.807, 2.05) is 7.05 Å². The number of carboxylic acid groups (broad SMARTS) is 1. The average Bonchev–Trinajstić information content (AvgIpc) is 3.50. The Morgan fingerprint density at radius 2 is 1.71 bits per heavy atom. The van der Waals surface area contributed by atoms with Gasteiger partial charge in [0.15, 0.2) is 29.7 Å². The number of hydrogen-bond donors (Lipinski definition) is 2. The Kier molecular flexibility index (Phi) is 8.09. The second kappa shape index (κ2) is 11.6. The number of piperazine rings is 1. The number of nitrogens with one attached hydrogen (secondary N) is 1. The van der Waals surface area contributed by atoms with Crippen molar-refractivity contribution >= 4 is 39.3 Å². The fraction of sp³-hybridized carbons (Fsp3) is 0.429. The number of aliphatic carboxylic acids is 1. The second-order valence-corrected chi connectivity index (χ2v) is 11.6. The maximum absolute atomic E-state index is 13.8. The van der Waals surface area contributed by atoms with Crippen LogP contribution < -0.4 is 14.8 Å². The lowest BCUT2D eigenvalue weighted by atomic mass is 9.80. The quantitative estimate of drug-likeness (QED) is 0.392. The molecule has 1 fully saturated rings. The zero-order valence-electron chi connectivity index (χ0n) is 22.7. The molecule has 10 nitrogen and oxygen atoms in total. The number of aromatic nitrogens is 1. The number of carboxylic acids is 1. The van der Waals surface area contributed by atoms with Gasteiger partial charge in [0, 0.05) is 38.3 Å². The van der Waals surface area contributed by atoms with Crippen LogP contribution in [0.3, 0.4) is 0 Å². The van der Waals surface area contributed by atoms with Gasteiger partial charge < -0.3 is 29.7 Å². The normalized spacial score (nSPS) is 16.4. The monoisotopic (exact) mass is 588 g/mol. The first-order chi connectivity index (χ1) is 19.6. The minimum absolute atomic E-state index is 0.0116. The molecule has 2 N–H and O–H groups in total. The molecule has 5 rings (SSSR count). The number of ether oxygens (including phenoxy) is 2. The summed E-state index contributed by atoms with van der Waals surface area (Å²) >= 11 is 1.31. The van der Waals surface area contributed by atoms with Crippen LogP contribution in [0.25, 0.3) is 10.2 Å². The first-order valence-electron chi connectivity index (χ1n) is 13.1. The number of amides is 2. The lowest BCUT2D eigenvalue weighted by Gasteiger charge is -2.32. The highest BCUT2D eigenvalue weighted by atomic mass is 32.1. The maximum atomic E-state index is 13.8. The Labute approximate surface area is 238 Å². The number of fused-ring (bicyclic) bond motifs is 2. The van der Waals surface area contributed by atoms with E-state index in [0.717, 1.165) is 29.9 Å². The highest BCUT2D eigenvalue weighted by Crippen LogP contribution is 2.41. The van der Waals surface area contributed by atoms with E-state index in [1.165, 1.54) is 18.4 Å². The second-order valence-electron chi connectivity index (χ2n) is 10.5. The van der Waals surface area contributed by atoms with Gasteiger partial charge in [-0.05, 0) is 43.1 Å². The van der Waals surface area contributed by atoms with E-state index in [-0.39, 0.29) is 31.9 Å². The van der Waals surface area contributed by atoms with Gasteiger partial charge in [-0.1, -0.05) is 0 Å². The van der Waals surface area contributed by atoms with Crippen molar-refractivity contribution in [2.75, 3.05) is 46.9 Å². The smallest absolute Gasteiger partial charge is 0.304 e. The molecule has 2 heterocycles. The SMILES string of the molecule is COc1cc2sc(CNC(=O)C3(CC(=O)O)Cc4cc(F)c(F)cc4C3)nc2cc1OCC(=O)N1CCN(C)CC1. The minimum Gasteiger partial charge on any atom is -0.493 e. The van der Waals surface area contributed by atoms with Crippen LogP contribution in [-0.4, -0.2) is 84.6 Å². The van der Waals surface area contributed by atoms with Gasteiger partial charge in [-0.3, -0.25) is 14.4 Å². The Balaban J connectivity index is 1.27. The highest BCUT2D eigenvalue weighted by Gasteiger charge is 2.46. The number of carbonyl (C=O) groups excluding carboxylic acids is 2. The summed E-state index contributed by atoms with van der Waals surface area (Å²) in [6, 6.07) is 5.48. The van der Waals surface area contributed by atoms with E-state index in [1.54, 1.807) is 17.0 Å². The number of hydrogen-bond acceptors (Lipinski definition) is 8. The molecule has 0 radical (unpaired) electrons. The van der Waals surface area contributed by atoms with E-state index in [4.69, 9.17) is 9.47 Å². The van der Waals surface area contributed by atoms with Crippen molar-refractivity contribution in [1.82, 2.24) is 20.1 Å². The van der Waals surface area contributed by atoms with Crippen molar-refractivity contribution in [3.63, 3.8) is 0 Å². The molecule has 0 atom stereocenters. The molecule has 2 amide bonds. The summed E-state index contributed by atoms with van der Waals surface area (Å²) in [4.78, 5) is 46.1. The average molecular weight is 589 g/mol. The number of halogens is 2. The highest BCUT2D eigenvalue weighted by molar-refractivity contribution is 7.18. The Bertz CT molecular complexity index is 1470. The molecule has 2 aliphatic rings. The lowest BCUT2D eigenvalue weighted by molar-refractivity contribution is -0.145. The summed E-state index contributed by atoms with van der Waals surface area (Å²) in [6.07, 6.45) is -0.508. The van der Waals surface area contributed by atoms with Crippen LogP contribution in [0.1, 0.15) is 22.6 Å². The number of likely N-dealkylation sites (N-methyl/N-ethyl adjacent to an activating group) is 1. The molecule has 1 saturated heterocycles. The van der Waals surface area contributed by atoms with E-state index in [2.05, 4.69) is 15.2 Å². The maximum Gasteiger partial charge on any atom is 0.304 e. The molecule has 13 heteroatoms. The summed E-state index contributed by atoms with van der Waals surface area (Å²) in [5.74, 6) is -3.09. The van der Waals surface area contributed by atoms with Crippen molar-refractivity contribution in [3.05, 3.63) is 52.0 Å². The summed E-state index contributed by atoms with van der Waals surface area (Å²) < 4.78 is 39.6. The van der Waals surface area contributed by atoms with Crippen LogP contribution in [0.4, 0.5) is 8.78 Å². The molecule has 0 saturated carbocycles. The van der Waals surface area contributed by atoms with Gasteiger partial charge in [0.1, 0.15) is 5.01 Å². The van der Waals surface area contributed by atoms with Crippen LogP contribution in [0.5, 0.6) is 11.5 Å². The van der Waals surface area contributed by atoms with Crippen LogP contribution in [0.15, 0.2) is 24.3 Å². The molecule has 2 aromatic carbocycles. The Morgan fingerprint density at radius 1 is 1.05 bits per heavy atom. The lowest BCUT2D eigenvalue weighted by Crippen LogP contribution is -2.48. The van der Waals surface area contributed by atoms with Crippen LogP contribution in [-0.2, 0) is 33.8 Å². The van der Waals surface area contributed by atoms with Gasteiger partial charge in [-0.25, -0.2) is 13.8 Å². The van der Waals surface area contributed by atoms with E-state index >= 15 is 0 Å². The molecule has 1 aromatic heterocycles. The minimum atomic E-state index is -1.37. The Morgan fingerprint density at radius 3 is 2.32 bits per heavy atom. The summed E-state index contributed by atoms with van der Waals surface area (Å²) in [5, 5.41) is 12.8. The fourth-order valence-corrected chi connectivity index (χ4v) is 6.28. The summed E-state index contributed by atoms with van der Waals surface area (Å²) in [5.41, 5.74) is 0.0598. The van der Waals surface area contributed by atoms with Gasteiger partial charge in [0.05, 0.1) is 35.7 Å². The first-order valence-corrected chi connectivity index (χ1v) is 13.9. The molecule has 0 unspecified atom stereocenters. The summed E-state index contributed by atoms with van der Waals surface area (Å²) in [7, 11) is 3.51. The number of carbonyl (C=O) groups is 3. The molecule has 0 bridgehead atoms. The predicted octanol–water partition coefficient (Wildman–Crippen LogP) is 2.61. The van der Waals surface area contributed by atoms with Crippen LogP contribution >= 0.6 is 11.3 Å². The van der Waals surface area contributed by atoms with Gasteiger partial charge in [-0.15, -0.1) is 11.3 Å². The van der Waals surface area contributed by atoms with Gasteiger partial charge in [0.2, 0.25) is 5.91 Å². The molecule has 218 valence electrons. The zero-order valence-corrected chi connectivity index (χ0v) is 23.5. The van der Waals surface area contributed by atoms with Gasteiger partial charge in [0.25, 0.3) is 5.91 Å². The van der Waals surface area contributed by atoms with Gasteiger partial charge in [-0.2, -0.15) is 0 Å². The molecule has 3 aromatic rings. The third kappa shape index (κ3) is 6.10. The van der Waals surface area contributed by atoms with Gasteiger partial charge >= 0.3 is 5.97 Å². The third-order valence-electron chi connectivity index (χ3n) is 7.60. The van der Waals surface area contributed by atoms with E-state index < -0.39 is 35.3 Å². The molecular formula is C28H30F2N4O6S. The molecule has 1 aliphatic carbocycles. The number of methoxy groups -OCH3 is 1. The van der Waals surface area contributed by atoms with E-state index in [9.17, 15) is 28.3 Å². The van der Waals surface area contributed by atoms with Crippen molar-refractivity contribution in [2.45, 2.75) is 25.8 Å². The number of rotatable bonds is 9. The largest absolute Gasteiger partial charge is 0.493 e. The van der Waals surface area contributed by atoms with Crippen molar-refractivity contribution in [1.29, 1.82) is 0 Å². The first kappa shape index (κ1) is 28.7. The predicted molar refractivity (Wildman–Crippen MR) is 146 cm³/mol. The van der Waals surface area contributed by atoms with Crippen molar-refractivity contribution < 1.29 is 37.7 Å². The zero-order chi connectivity index (χ0) is 29.3. The van der Waals surface area contributed by atoms with Crippen LogP contribution in [0, 0.1) is 17.0 Å². The molecule has 0 spiro atoms. The molecular weight excluding hydrogens is 558 g/mol. The topological polar surface area (TPSA) is 121 Å². The third-order valence-corrected chi connectivity index (χ3v) is 8.62. The van der Waals surface area contributed by atoms with Crippen LogP contribution in [0.2, 0.25) is 0 Å². The molecule has 1 aliphatic heterocycles. The fourth-order valence-electron chi connectivity index (χ4n) is 5.37. The van der Waals surface area contributed by atoms with E-state index in [0.29, 0.717) is 46.2 Å². The Hall–Kier alpha value is -3.84. The summed E-state index contributed by atoms with van der Waals surface area (Å²) in [6.45, 7) is 2.79. The number of nitrogens with zero attached hydrogens (tertiary/aromatic N) is 3. The van der Waals surface area contributed by atoms with Crippen molar-refractivity contribution in [3.8, 4) is 11.5 Å². The number of thiazole rings is 1. The standard InChI is InChI=1S/C28H30F2N4O6S/c1-33-3-5-34(6-4-33)25(35)15-40-22-9-20-23(10-21(22)39-2)41-24(32-20)14-31-27(38)28(13-26(36)37)11-16-7-18(29)19(30)8-17(16)12-28/h7-10H,3-6,11-15H2,1-2H3,(H,31,38)(H,36,37).